The fraction of sp³-hybridized carbons (Fsp3) is 0.500. The molecule has 0 atom stereocenters. The normalized spacial score (nSPS) is 12.2. The van der Waals surface area contributed by atoms with E-state index in [-0.39, 0.29) is 0 Å². The van der Waals surface area contributed by atoms with Crippen LogP contribution in [0.1, 0.15) is 0 Å². The smallest absolute Gasteiger partial charge is 0.146 e. The van der Waals surface area contributed by atoms with E-state index in [1.807, 2.05) is 16.8 Å². The molecule has 0 saturated carbocycles. The predicted octanol–water partition coefficient (Wildman–Crippen LogP) is 3.40. The van der Waals surface area contributed by atoms with Gasteiger partial charge in [-0.2, -0.15) is 19.6 Å². The van der Waals surface area contributed by atoms with Crippen molar-refractivity contribution in [1.82, 2.24) is 14.5 Å². The summed E-state index contributed by atoms with van der Waals surface area (Å²) in [7, 11) is -1.02. The molecule has 0 aromatic carbocycles. The van der Waals surface area contributed by atoms with E-state index in [2.05, 4.69) is 29.6 Å². The quantitative estimate of drug-likeness (QED) is 0.480. The van der Waals surface area contributed by atoms with Gasteiger partial charge >= 0.3 is 0 Å². The van der Waals surface area contributed by atoms with Gasteiger partial charge in [-0.25, -0.2) is 9.97 Å². The molecule has 0 N–H and O–H groups in total. The zero-order valence-electron chi connectivity index (χ0n) is 11.0. The molecule has 6 heteroatoms. The molecule has 0 radical (unpaired) electrons. The maximum absolute atomic E-state index is 5.99. The SMILES string of the molecule is C[Si-](C)(C)CCOCn1ccc2c(Cl)ncnc21. The van der Waals surface area contributed by atoms with Crippen molar-refractivity contribution < 1.29 is 4.74 Å². The third-order valence-electron chi connectivity index (χ3n) is 2.73. The molecule has 0 spiro atoms. The van der Waals surface area contributed by atoms with Crippen LogP contribution in [0, 0.1) is 0 Å². The lowest BCUT2D eigenvalue weighted by Gasteiger charge is -2.26. The van der Waals surface area contributed by atoms with E-state index < -0.39 is 8.07 Å². The number of hydrogen-bond acceptors (Lipinski definition) is 3. The molecule has 0 amide bonds. The molecule has 0 bridgehead atoms. The third-order valence-corrected chi connectivity index (χ3v) is 4.74. The summed E-state index contributed by atoms with van der Waals surface area (Å²) in [6.45, 7) is 8.34. The van der Waals surface area contributed by atoms with Gasteiger partial charge in [0.1, 0.15) is 23.9 Å². The summed E-state index contributed by atoms with van der Waals surface area (Å²) in [6.07, 6.45) is 3.41. The minimum absolute atomic E-state index is 0.487. The molecule has 2 aromatic rings. The van der Waals surface area contributed by atoms with Crippen LogP contribution < -0.4 is 0 Å². The molecular weight excluding hydrogens is 266 g/mol. The highest BCUT2D eigenvalue weighted by atomic mass is 35.5. The zero-order valence-corrected chi connectivity index (χ0v) is 12.7. The van der Waals surface area contributed by atoms with E-state index in [4.69, 9.17) is 16.3 Å². The van der Waals surface area contributed by atoms with Crippen molar-refractivity contribution in [3.63, 3.8) is 0 Å². The van der Waals surface area contributed by atoms with E-state index >= 15 is 0 Å². The Kier molecular flexibility index (Phi) is 4.04. The second-order valence-corrected chi connectivity index (χ2v) is 11.5. The van der Waals surface area contributed by atoms with Crippen molar-refractivity contribution in [2.75, 3.05) is 6.61 Å². The molecule has 0 aliphatic heterocycles. The Morgan fingerprint density at radius 1 is 1.33 bits per heavy atom. The minimum Gasteiger partial charge on any atom is -0.364 e. The fourth-order valence-corrected chi connectivity index (χ4v) is 2.57. The first-order chi connectivity index (χ1) is 8.47. The molecule has 4 nitrogen and oxygen atoms in total. The van der Waals surface area contributed by atoms with Gasteiger partial charge in [-0.1, -0.05) is 11.6 Å². The van der Waals surface area contributed by atoms with Crippen molar-refractivity contribution in [3.05, 3.63) is 23.7 Å². The number of rotatable bonds is 5. The molecule has 99 valence electrons. The minimum atomic E-state index is -1.02. The van der Waals surface area contributed by atoms with Crippen LogP contribution in [0.4, 0.5) is 0 Å². The second-order valence-electron chi connectivity index (χ2n) is 5.54. The van der Waals surface area contributed by atoms with Crippen LogP contribution in [0.5, 0.6) is 0 Å². The van der Waals surface area contributed by atoms with E-state index in [1.54, 1.807) is 0 Å². The van der Waals surface area contributed by atoms with E-state index in [9.17, 15) is 0 Å². The first-order valence-electron chi connectivity index (χ1n) is 6.00. The van der Waals surface area contributed by atoms with Crippen molar-refractivity contribution >= 4 is 30.7 Å². The highest BCUT2D eigenvalue weighted by molar-refractivity contribution is 6.76. The summed E-state index contributed by atoms with van der Waals surface area (Å²) in [5.74, 6) is 0. The number of ether oxygens (including phenoxy) is 1. The lowest BCUT2D eigenvalue weighted by molar-refractivity contribution is 0.0899. The maximum Gasteiger partial charge on any atom is 0.146 e. The fourth-order valence-electron chi connectivity index (χ4n) is 1.62. The van der Waals surface area contributed by atoms with Gasteiger partial charge in [0, 0.05) is 12.8 Å². The third kappa shape index (κ3) is 3.31. The Balaban J connectivity index is 1.98. The van der Waals surface area contributed by atoms with Gasteiger partial charge in [-0.05, 0) is 6.07 Å². The summed E-state index contributed by atoms with van der Waals surface area (Å²) < 4.78 is 7.65. The van der Waals surface area contributed by atoms with Crippen LogP contribution >= 0.6 is 11.6 Å². The monoisotopic (exact) mass is 283 g/mol. The Hall–Kier alpha value is -0.913. The Morgan fingerprint density at radius 3 is 2.83 bits per heavy atom. The first kappa shape index (κ1) is 13.5. The summed E-state index contributed by atoms with van der Waals surface area (Å²) >= 11 is 5.99. The Morgan fingerprint density at radius 2 is 2.11 bits per heavy atom. The molecule has 18 heavy (non-hydrogen) atoms. The van der Waals surface area contributed by atoms with E-state index in [0.29, 0.717) is 11.9 Å². The van der Waals surface area contributed by atoms with Gasteiger partial charge < -0.3 is 9.30 Å². The molecule has 0 fully saturated rings. The molecule has 0 unspecified atom stereocenters. The molecule has 0 aliphatic rings. The standard InChI is InChI=1S/C12H18ClN3OSi/c1-18(2,3)7-6-17-9-16-5-4-10-11(13)14-8-15-12(10)16/h4-5,8H,6-7,9H2,1-3H3/q-1. The van der Waals surface area contributed by atoms with Gasteiger partial charge in [-0.3, -0.25) is 0 Å². The van der Waals surface area contributed by atoms with Crippen molar-refractivity contribution in [2.24, 2.45) is 0 Å². The Labute approximate surface area is 113 Å². The molecule has 2 aromatic heterocycles. The van der Waals surface area contributed by atoms with Gasteiger partial charge in [0.2, 0.25) is 0 Å². The number of fused-ring (bicyclic) bond motifs is 1. The number of nitrogens with zero attached hydrogens (tertiary/aromatic N) is 3. The zero-order chi connectivity index (χ0) is 13.2. The van der Waals surface area contributed by atoms with Gasteiger partial charge in [0.05, 0.1) is 5.39 Å². The molecule has 0 aliphatic carbocycles. The van der Waals surface area contributed by atoms with Crippen LogP contribution in [0.2, 0.25) is 30.8 Å². The van der Waals surface area contributed by atoms with Crippen molar-refractivity contribution in [1.29, 1.82) is 0 Å². The average Bonchev–Trinajstić information content (AvgIpc) is 2.68. The molecule has 2 heterocycles. The van der Waals surface area contributed by atoms with E-state index in [1.165, 1.54) is 12.4 Å². The predicted molar refractivity (Wildman–Crippen MR) is 76.6 cm³/mol. The highest BCUT2D eigenvalue weighted by Gasteiger charge is 2.06. The van der Waals surface area contributed by atoms with Crippen LogP contribution in [-0.4, -0.2) is 29.2 Å². The van der Waals surface area contributed by atoms with Gasteiger partial charge in [0.25, 0.3) is 0 Å². The topological polar surface area (TPSA) is 39.9 Å². The van der Waals surface area contributed by atoms with Crippen molar-refractivity contribution in [3.8, 4) is 0 Å². The molecule has 2 rings (SSSR count). The van der Waals surface area contributed by atoms with Crippen LogP contribution in [0.15, 0.2) is 18.6 Å². The summed E-state index contributed by atoms with van der Waals surface area (Å²) in [6, 6.07) is 3.08. The summed E-state index contributed by atoms with van der Waals surface area (Å²) in [5.41, 5.74) is 0.822. The lowest BCUT2D eigenvalue weighted by atomic mass is 10.4. The largest absolute Gasteiger partial charge is 0.364 e. The first-order valence-corrected chi connectivity index (χ1v) is 10.1. The van der Waals surface area contributed by atoms with Crippen molar-refractivity contribution in [2.45, 2.75) is 32.4 Å². The van der Waals surface area contributed by atoms with E-state index in [0.717, 1.165) is 17.6 Å². The van der Waals surface area contributed by atoms with Crippen LogP contribution in [0.25, 0.3) is 11.0 Å². The molecular formula is C12H18ClN3OSi-. The van der Waals surface area contributed by atoms with Crippen LogP contribution in [-0.2, 0) is 11.5 Å². The number of hydrogen-bond donors (Lipinski definition) is 0. The Bertz CT molecular complexity index is 536. The number of halogens is 1. The number of aromatic nitrogens is 3. The van der Waals surface area contributed by atoms with Gasteiger partial charge in [0.15, 0.2) is 0 Å². The average molecular weight is 284 g/mol. The molecule has 0 saturated heterocycles. The van der Waals surface area contributed by atoms with Gasteiger partial charge in [-0.15, -0.1) is 14.1 Å². The summed E-state index contributed by atoms with van der Waals surface area (Å²) in [5, 5.41) is 1.36. The maximum atomic E-state index is 5.99. The van der Waals surface area contributed by atoms with Crippen LogP contribution in [0.3, 0.4) is 0 Å². The lowest BCUT2D eigenvalue weighted by Crippen LogP contribution is -2.22. The second kappa shape index (κ2) is 5.38. The highest BCUT2D eigenvalue weighted by Crippen LogP contribution is 2.20. The summed E-state index contributed by atoms with van der Waals surface area (Å²) in [4.78, 5) is 8.18.